The molecule has 0 unspecified atom stereocenters. The van der Waals surface area contributed by atoms with Crippen LogP contribution < -0.4 is 16.0 Å². The van der Waals surface area contributed by atoms with E-state index < -0.39 is 6.09 Å². The molecule has 0 bridgehead atoms. The minimum atomic E-state index is -0.435. The largest absolute Gasteiger partial charge is 0.469 e. The maximum absolute atomic E-state index is 12.7. The van der Waals surface area contributed by atoms with Gasteiger partial charge in [0.1, 0.15) is 11.9 Å². The van der Waals surface area contributed by atoms with Gasteiger partial charge in [-0.3, -0.25) is 10.1 Å². The van der Waals surface area contributed by atoms with E-state index in [1.54, 1.807) is 6.26 Å². The average Bonchev–Trinajstić information content (AvgIpc) is 3.56. The van der Waals surface area contributed by atoms with Gasteiger partial charge in [-0.2, -0.15) is 0 Å². The Labute approximate surface area is 253 Å². The highest BCUT2D eigenvalue weighted by Crippen LogP contribution is 2.28. The van der Waals surface area contributed by atoms with E-state index in [0.29, 0.717) is 19.5 Å². The van der Waals surface area contributed by atoms with E-state index in [2.05, 4.69) is 33.0 Å². The van der Waals surface area contributed by atoms with Crippen molar-refractivity contribution in [3.05, 3.63) is 114 Å². The zero-order valence-corrected chi connectivity index (χ0v) is 24.5. The molecule has 8 nitrogen and oxygen atoms in total. The van der Waals surface area contributed by atoms with Gasteiger partial charge in [0.25, 0.3) is 0 Å². The van der Waals surface area contributed by atoms with Gasteiger partial charge in [0, 0.05) is 57.7 Å². The van der Waals surface area contributed by atoms with Gasteiger partial charge < -0.3 is 24.7 Å². The van der Waals surface area contributed by atoms with Crippen molar-refractivity contribution in [3.63, 3.8) is 0 Å². The first-order valence-corrected chi connectivity index (χ1v) is 15.0. The van der Waals surface area contributed by atoms with Crippen molar-refractivity contribution in [2.24, 2.45) is 0 Å². The van der Waals surface area contributed by atoms with Gasteiger partial charge in [-0.05, 0) is 47.7 Å². The monoisotopic (exact) mass is 580 g/mol. The summed E-state index contributed by atoms with van der Waals surface area (Å²) in [6.07, 6.45) is 3.91. The van der Waals surface area contributed by atoms with Crippen LogP contribution in [0.1, 0.15) is 36.1 Å². The Morgan fingerprint density at radius 2 is 1.63 bits per heavy atom. The van der Waals surface area contributed by atoms with Crippen LogP contribution in [0.25, 0.3) is 11.1 Å². The fraction of sp³-hybridized carbons (Fsp3) is 0.314. The van der Waals surface area contributed by atoms with Crippen molar-refractivity contribution in [2.45, 2.75) is 44.9 Å². The number of nitrogens with zero attached hydrogens (tertiary/aromatic N) is 1. The predicted molar refractivity (Wildman–Crippen MR) is 168 cm³/mol. The molecule has 1 aromatic heterocycles. The quantitative estimate of drug-likeness (QED) is 0.168. The number of furan rings is 1. The van der Waals surface area contributed by atoms with E-state index in [1.807, 2.05) is 78.9 Å². The van der Waals surface area contributed by atoms with Gasteiger partial charge in [-0.15, -0.1) is 0 Å². The first-order valence-electron chi connectivity index (χ1n) is 15.0. The van der Waals surface area contributed by atoms with Gasteiger partial charge in [0.05, 0.1) is 12.0 Å². The summed E-state index contributed by atoms with van der Waals surface area (Å²) in [4.78, 5) is 27.5. The van der Waals surface area contributed by atoms with Crippen LogP contribution >= 0.6 is 0 Å². The third kappa shape index (κ3) is 9.56. The number of piperidine rings is 1. The van der Waals surface area contributed by atoms with Crippen molar-refractivity contribution in [3.8, 4) is 11.1 Å². The molecule has 8 heteroatoms. The molecule has 1 saturated heterocycles. The molecule has 5 rings (SSSR count). The lowest BCUT2D eigenvalue weighted by Gasteiger charge is -2.31. The molecule has 1 aliphatic heterocycles. The second kappa shape index (κ2) is 15.7. The number of para-hydroxylation sites is 1. The predicted octanol–water partition coefficient (Wildman–Crippen LogP) is 6.00. The highest BCUT2D eigenvalue weighted by Gasteiger charge is 2.23. The molecule has 3 N–H and O–H groups in total. The summed E-state index contributed by atoms with van der Waals surface area (Å²) in [5, 5.41) is 9.41. The van der Waals surface area contributed by atoms with Crippen LogP contribution in [0.3, 0.4) is 0 Å². The minimum Gasteiger partial charge on any atom is -0.469 e. The molecule has 0 atom stereocenters. The van der Waals surface area contributed by atoms with E-state index >= 15 is 0 Å². The van der Waals surface area contributed by atoms with Crippen LogP contribution in [0.15, 0.2) is 102 Å². The van der Waals surface area contributed by atoms with Crippen LogP contribution in [0.5, 0.6) is 0 Å². The standard InChI is InChI=1S/C35H40N4O4/c40-34(37-26-28-9-6-8-27(24-28)25-36-19-15-30-12-7-23-42-30)18-22-39-20-16-31(17-21-39)43-35(41)38-33-14-5-4-13-32(33)29-10-2-1-3-11-29/h1-14,23-24,31,36H,15-22,25-26H2,(H,37,40)(H,38,41). The zero-order chi connectivity index (χ0) is 29.7. The first-order chi connectivity index (χ1) is 21.1. The van der Waals surface area contributed by atoms with Crippen LogP contribution in [-0.2, 0) is 29.0 Å². The number of anilines is 1. The van der Waals surface area contributed by atoms with Gasteiger partial charge in [0.15, 0.2) is 0 Å². The van der Waals surface area contributed by atoms with E-state index in [0.717, 1.165) is 73.6 Å². The lowest BCUT2D eigenvalue weighted by atomic mass is 10.0. The Hall–Kier alpha value is -4.40. The SMILES string of the molecule is O=C(CCN1CCC(OC(=O)Nc2ccccc2-c2ccccc2)CC1)NCc1cccc(CNCCc2ccco2)c1. The van der Waals surface area contributed by atoms with Crippen molar-refractivity contribution in [1.29, 1.82) is 0 Å². The fourth-order valence-electron chi connectivity index (χ4n) is 5.30. The van der Waals surface area contributed by atoms with Crippen LogP contribution in [0, 0.1) is 0 Å². The Morgan fingerprint density at radius 1 is 0.860 bits per heavy atom. The van der Waals surface area contributed by atoms with Crippen molar-refractivity contribution in [1.82, 2.24) is 15.5 Å². The summed E-state index contributed by atoms with van der Waals surface area (Å²) in [5.74, 6) is 1.02. The maximum atomic E-state index is 12.7. The number of hydrogen-bond donors (Lipinski definition) is 3. The topological polar surface area (TPSA) is 95.8 Å². The first kappa shape index (κ1) is 30.1. The van der Waals surface area contributed by atoms with Crippen LogP contribution in [-0.4, -0.2) is 49.2 Å². The number of nitrogens with one attached hydrogen (secondary N) is 3. The molecule has 0 saturated carbocycles. The normalized spacial score (nSPS) is 13.9. The number of ether oxygens (including phenoxy) is 1. The van der Waals surface area contributed by atoms with Gasteiger partial charge >= 0.3 is 6.09 Å². The van der Waals surface area contributed by atoms with Crippen molar-refractivity contribution in [2.75, 3.05) is 31.5 Å². The molecule has 2 amide bonds. The van der Waals surface area contributed by atoms with Crippen LogP contribution in [0.2, 0.25) is 0 Å². The summed E-state index contributed by atoms with van der Waals surface area (Å²) >= 11 is 0. The van der Waals surface area contributed by atoms with E-state index in [1.165, 1.54) is 5.56 Å². The van der Waals surface area contributed by atoms with Crippen LogP contribution in [0.4, 0.5) is 10.5 Å². The Bertz CT molecular complexity index is 1430. The number of hydrogen-bond acceptors (Lipinski definition) is 6. The third-order valence-corrected chi connectivity index (χ3v) is 7.65. The third-order valence-electron chi connectivity index (χ3n) is 7.65. The fourth-order valence-corrected chi connectivity index (χ4v) is 5.30. The summed E-state index contributed by atoms with van der Waals surface area (Å²) in [5.41, 5.74) is 4.99. The lowest BCUT2D eigenvalue weighted by molar-refractivity contribution is -0.121. The Balaban J connectivity index is 0.968. The number of likely N-dealkylation sites (tertiary alicyclic amines) is 1. The smallest absolute Gasteiger partial charge is 0.411 e. The summed E-state index contributed by atoms with van der Waals surface area (Å²) in [6.45, 7) is 4.40. The second-order valence-electron chi connectivity index (χ2n) is 10.8. The van der Waals surface area contributed by atoms with Crippen molar-refractivity contribution < 1.29 is 18.7 Å². The molecule has 4 aromatic rings. The zero-order valence-electron chi connectivity index (χ0n) is 24.5. The molecule has 1 aliphatic rings. The maximum Gasteiger partial charge on any atom is 0.411 e. The highest BCUT2D eigenvalue weighted by molar-refractivity contribution is 5.91. The number of rotatable bonds is 13. The average molecular weight is 581 g/mol. The van der Waals surface area contributed by atoms with Gasteiger partial charge in [-0.25, -0.2) is 4.79 Å². The second-order valence-corrected chi connectivity index (χ2v) is 10.8. The molecule has 0 spiro atoms. The molecule has 0 radical (unpaired) electrons. The minimum absolute atomic E-state index is 0.0387. The van der Waals surface area contributed by atoms with Crippen molar-refractivity contribution >= 4 is 17.7 Å². The molecular weight excluding hydrogens is 540 g/mol. The molecule has 43 heavy (non-hydrogen) atoms. The number of benzene rings is 3. The molecule has 3 aromatic carbocycles. The van der Waals surface area contributed by atoms with Gasteiger partial charge in [-0.1, -0.05) is 72.8 Å². The summed E-state index contributed by atoms with van der Waals surface area (Å²) in [6, 6.07) is 29.9. The van der Waals surface area contributed by atoms with E-state index in [-0.39, 0.29) is 12.0 Å². The highest BCUT2D eigenvalue weighted by atomic mass is 16.6. The number of carbonyl (C=O) groups is 2. The van der Waals surface area contributed by atoms with Gasteiger partial charge in [0.2, 0.25) is 5.91 Å². The number of amides is 2. The molecular formula is C35H40N4O4. The number of carbonyl (C=O) groups excluding carboxylic acids is 2. The molecule has 224 valence electrons. The van der Waals surface area contributed by atoms with E-state index in [9.17, 15) is 9.59 Å². The Morgan fingerprint density at radius 3 is 2.42 bits per heavy atom. The molecule has 1 fully saturated rings. The lowest BCUT2D eigenvalue weighted by Crippen LogP contribution is -2.40. The molecule has 0 aliphatic carbocycles. The van der Waals surface area contributed by atoms with E-state index in [4.69, 9.17) is 9.15 Å². The Kier molecular flexibility index (Phi) is 11.0. The summed E-state index contributed by atoms with van der Waals surface area (Å²) < 4.78 is 11.1. The molecule has 2 heterocycles. The summed E-state index contributed by atoms with van der Waals surface area (Å²) in [7, 11) is 0.